The number of amides is 1. The van der Waals surface area contributed by atoms with Gasteiger partial charge in [-0.25, -0.2) is 4.39 Å². The number of carbonyl (C=O) groups excluding carboxylic acids is 1. The third-order valence-corrected chi connectivity index (χ3v) is 4.04. The first-order valence-corrected chi connectivity index (χ1v) is 8.22. The Kier molecular flexibility index (Phi) is 5.03. The summed E-state index contributed by atoms with van der Waals surface area (Å²) in [4.78, 5) is 25.1. The molecule has 0 atom stereocenters. The molecule has 7 heteroatoms. The van der Waals surface area contributed by atoms with E-state index in [4.69, 9.17) is 4.74 Å². The topological polar surface area (TPSA) is 73.2 Å². The Morgan fingerprint density at radius 2 is 1.81 bits per heavy atom. The maximum absolute atomic E-state index is 13.1. The van der Waals surface area contributed by atoms with Crippen LogP contribution in [0.5, 0.6) is 5.75 Å². The van der Waals surface area contributed by atoms with Crippen molar-refractivity contribution in [1.82, 2.24) is 9.78 Å². The van der Waals surface area contributed by atoms with E-state index in [2.05, 4.69) is 10.4 Å². The first-order chi connectivity index (χ1) is 12.9. The quantitative estimate of drug-likeness (QED) is 0.768. The van der Waals surface area contributed by atoms with Gasteiger partial charge in [-0.05, 0) is 55.3 Å². The smallest absolute Gasteiger partial charge is 0.280 e. The molecule has 0 spiro atoms. The molecule has 0 aliphatic carbocycles. The van der Waals surface area contributed by atoms with Crippen molar-refractivity contribution in [1.29, 1.82) is 0 Å². The lowest BCUT2D eigenvalue weighted by molar-refractivity contribution is 0.101. The number of carbonyl (C=O) groups is 1. The molecule has 0 saturated carbocycles. The van der Waals surface area contributed by atoms with Crippen LogP contribution < -0.4 is 15.6 Å². The zero-order valence-electron chi connectivity index (χ0n) is 15.1. The van der Waals surface area contributed by atoms with Crippen LogP contribution in [0, 0.1) is 19.7 Å². The minimum Gasteiger partial charge on any atom is -0.494 e. The molecule has 0 unspecified atom stereocenters. The molecule has 1 N–H and O–H groups in total. The van der Waals surface area contributed by atoms with E-state index in [1.807, 2.05) is 32.0 Å². The molecule has 0 radical (unpaired) electrons. The molecule has 1 heterocycles. The first-order valence-electron chi connectivity index (χ1n) is 8.22. The number of hydrogen-bond donors (Lipinski definition) is 1. The fourth-order valence-electron chi connectivity index (χ4n) is 2.57. The minimum atomic E-state index is -0.517. The fourth-order valence-corrected chi connectivity index (χ4v) is 2.57. The van der Waals surface area contributed by atoms with Crippen LogP contribution in [0.1, 0.15) is 21.6 Å². The van der Waals surface area contributed by atoms with E-state index >= 15 is 0 Å². The van der Waals surface area contributed by atoms with Crippen LogP contribution in [-0.4, -0.2) is 22.8 Å². The average molecular weight is 367 g/mol. The van der Waals surface area contributed by atoms with E-state index < -0.39 is 17.3 Å². The summed E-state index contributed by atoms with van der Waals surface area (Å²) >= 11 is 0. The fraction of sp³-hybridized carbons (Fsp3) is 0.150. The van der Waals surface area contributed by atoms with Crippen molar-refractivity contribution in [2.75, 3.05) is 12.4 Å². The Balaban J connectivity index is 2.04. The van der Waals surface area contributed by atoms with E-state index in [1.165, 1.54) is 37.4 Å². The number of anilines is 1. The van der Waals surface area contributed by atoms with Crippen molar-refractivity contribution in [3.8, 4) is 11.4 Å². The van der Waals surface area contributed by atoms with Gasteiger partial charge in [-0.1, -0.05) is 12.1 Å². The highest BCUT2D eigenvalue weighted by atomic mass is 19.1. The summed E-state index contributed by atoms with van der Waals surface area (Å²) in [6.45, 7) is 3.79. The van der Waals surface area contributed by atoms with Crippen molar-refractivity contribution in [3.05, 3.63) is 81.5 Å². The lowest BCUT2D eigenvalue weighted by Crippen LogP contribution is -2.26. The van der Waals surface area contributed by atoms with Crippen LogP contribution in [0.3, 0.4) is 0 Å². The van der Waals surface area contributed by atoms with E-state index in [0.29, 0.717) is 11.4 Å². The first kappa shape index (κ1) is 18.3. The van der Waals surface area contributed by atoms with E-state index in [1.54, 1.807) is 0 Å². The Morgan fingerprint density at radius 3 is 2.48 bits per heavy atom. The molecule has 0 saturated heterocycles. The van der Waals surface area contributed by atoms with Crippen LogP contribution >= 0.6 is 0 Å². The van der Waals surface area contributed by atoms with Crippen LogP contribution in [0.25, 0.3) is 5.69 Å². The molecule has 3 aromatic rings. The Bertz CT molecular complexity index is 1060. The van der Waals surface area contributed by atoms with Crippen LogP contribution in [0.2, 0.25) is 0 Å². The predicted octanol–water partition coefficient (Wildman–Crippen LogP) is 3.25. The molecule has 27 heavy (non-hydrogen) atoms. The number of hydrogen-bond acceptors (Lipinski definition) is 4. The highest BCUT2D eigenvalue weighted by Crippen LogP contribution is 2.20. The third kappa shape index (κ3) is 3.87. The van der Waals surface area contributed by atoms with Crippen molar-refractivity contribution in [2.24, 2.45) is 0 Å². The summed E-state index contributed by atoms with van der Waals surface area (Å²) in [6.07, 6.45) is 0. The van der Waals surface area contributed by atoms with Crippen LogP contribution in [0.4, 0.5) is 10.1 Å². The zero-order valence-corrected chi connectivity index (χ0v) is 15.1. The third-order valence-electron chi connectivity index (χ3n) is 4.04. The molecule has 1 aromatic heterocycles. The van der Waals surface area contributed by atoms with Crippen LogP contribution in [-0.2, 0) is 0 Å². The van der Waals surface area contributed by atoms with Gasteiger partial charge in [-0.3, -0.25) is 9.59 Å². The molecule has 3 rings (SSSR count). The van der Waals surface area contributed by atoms with E-state index in [0.717, 1.165) is 15.8 Å². The van der Waals surface area contributed by atoms with Gasteiger partial charge < -0.3 is 10.1 Å². The second-order valence-electron chi connectivity index (χ2n) is 6.06. The highest BCUT2D eigenvalue weighted by Gasteiger charge is 2.19. The monoisotopic (exact) mass is 367 g/mol. The number of nitrogens with one attached hydrogen (secondary N) is 1. The number of rotatable bonds is 4. The summed E-state index contributed by atoms with van der Waals surface area (Å²) < 4.78 is 19.3. The lowest BCUT2D eigenvalue weighted by atomic mass is 10.1. The van der Waals surface area contributed by atoms with Gasteiger partial charge in [0.15, 0.2) is 11.4 Å². The van der Waals surface area contributed by atoms with Crippen LogP contribution in [0.15, 0.2) is 53.3 Å². The second kappa shape index (κ2) is 7.41. The molecule has 0 aliphatic rings. The molecule has 138 valence electrons. The summed E-state index contributed by atoms with van der Waals surface area (Å²) in [5.74, 6) is -0.897. The molecule has 6 nitrogen and oxygen atoms in total. The van der Waals surface area contributed by atoms with Gasteiger partial charge in [0.25, 0.3) is 11.5 Å². The largest absolute Gasteiger partial charge is 0.494 e. The summed E-state index contributed by atoms with van der Waals surface area (Å²) in [6, 6.07) is 12.1. The van der Waals surface area contributed by atoms with Gasteiger partial charge in [0.05, 0.1) is 18.9 Å². The summed E-state index contributed by atoms with van der Waals surface area (Å²) in [5.41, 5.74) is 2.31. The Labute approximate surface area is 155 Å². The SMILES string of the molecule is COc1cc(=O)n(-c2ccc(F)cc2)nc1C(=O)Nc1cc(C)ccc1C. The zero-order chi connectivity index (χ0) is 19.6. The van der Waals surface area contributed by atoms with Gasteiger partial charge in [0, 0.05) is 5.69 Å². The van der Waals surface area contributed by atoms with Gasteiger partial charge in [-0.15, -0.1) is 0 Å². The van der Waals surface area contributed by atoms with Crippen molar-refractivity contribution in [3.63, 3.8) is 0 Å². The van der Waals surface area contributed by atoms with Crippen molar-refractivity contribution in [2.45, 2.75) is 13.8 Å². The number of benzene rings is 2. The van der Waals surface area contributed by atoms with Gasteiger partial charge >= 0.3 is 0 Å². The number of halogens is 1. The number of nitrogens with zero attached hydrogens (tertiary/aromatic N) is 2. The highest BCUT2D eigenvalue weighted by molar-refractivity contribution is 6.05. The number of methoxy groups -OCH3 is 1. The molecular formula is C20H18FN3O3. The number of aryl methyl sites for hydroxylation is 2. The van der Waals surface area contributed by atoms with Gasteiger partial charge in [0.2, 0.25) is 0 Å². The molecule has 0 fully saturated rings. The second-order valence-corrected chi connectivity index (χ2v) is 6.06. The Hall–Kier alpha value is -3.48. The lowest BCUT2D eigenvalue weighted by Gasteiger charge is -2.13. The summed E-state index contributed by atoms with van der Waals surface area (Å²) in [7, 11) is 1.35. The van der Waals surface area contributed by atoms with Gasteiger partial charge in [0.1, 0.15) is 5.82 Å². The number of ether oxygens (including phenoxy) is 1. The standard InChI is InChI=1S/C20H18FN3O3/c1-12-4-5-13(2)16(10-12)22-20(26)19-17(27-3)11-18(25)24(23-19)15-8-6-14(21)7-9-15/h4-11H,1-3H3,(H,22,26). The maximum atomic E-state index is 13.1. The van der Waals surface area contributed by atoms with Crippen molar-refractivity contribution >= 4 is 11.6 Å². The van der Waals surface area contributed by atoms with Crippen molar-refractivity contribution < 1.29 is 13.9 Å². The Morgan fingerprint density at radius 1 is 1.11 bits per heavy atom. The number of aromatic nitrogens is 2. The minimum absolute atomic E-state index is 0.0534. The van der Waals surface area contributed by atoms with E-state index in [-0.39, 0.29) is 11.4 Å². The normalized spacial score (nSPS) is 10.5. The summed E-state index contributed by atoms with van der Waals surface area (Å²) in [5, 5.41) is 6.93. The van der Waals surface area contributed by atoms with Gasteiger partial charge in [-0.2, -0.15) is 9.78 Å². The molecule has 1 amide bonds. The molecule has 2 aromatic carbocycles. The molecular weight excluding hydrogens is 349 g/mol. The maximum Gasteiger partial charge on any atom is 0.280 e. The average Bonchev–Trinajstić information content (AvgIpc) is 2.65. The predicted molar refractivity (Wildman–Crippen MR) is 100 cm³/mol. The molecule has 0 aliphatic heterocycles. The molecule has 0 bridgehead atoms. The van der Waals surface area contributed by atoms with E-state index in [9.17, 15) is 14.0 Å².